The summed E-state index contributed by atoms with van der Waals surface area (Å²) in [6.07, 6.45) is 0. The number of nitrogens with zero attached hydrogens (tertiary/aromatic N) is 2. The molecule has 0 saturated carbocycles. The molecule has 0 aromatic heterocycles. The fraction of sp³-hybridized carbons (Fsp3) is 0.100. The number of para-hydroxylation sites is 2. The van der Waals surface area contributed by atoms with Crippen molar-refractivity contribution in [3.63, 3.8) is 0 Å². The fourth-order valence-corrected chi connectivity index (χ4v) is 11.3. The minimum absolute atomic E-state index is 0.00595. The van der Waals surface area contributed by atoms with Crippen LogP contribution in [0.4, 0.5) is 34.1 Å². The van der Waals surface area contributed by atoms with Gasteiger partial charge >= 0.3 is 0 Å². The first-order valence-corrected chi connectivity index (χ1v) is 22.7. The molecule has 0 unspecified atom stereocenters. The molecule has 0 aliphatic carbocycles. The maximum atomic E-state index is 2.62. The molecule has 64 heavy (non-hydrogen) atoms. The molecular formula is C60H50B2N2. The van der Waals surface area contributed by atoms with E-state index in [1.807, 2.05) is 0 Å². The van der Waals surface area contributed by atoms with Crippen LogP contribution >= 0.6 is 0 Å². The summed E-state index contributed by atoms with van der Waals surface area (Å²) in [6, 6.07) is 72.7. The molecule has 9 aromatic rings. The van der Waals surface area contributed by atoms with Crippen molar-refractivity contribution < 1.29 is 0 Å². The monoisotopic (exact) mass is 820 g/mol. The first-order chi connectivity index (χ1) is 31.2. The lowest BCUT2D eigenvalue weighted by Crippen LogP contribution is -2.63. The van der Waals surface area contributed by atoms with E-state index in [4.69, 9.17) is 0 Å². The van der Waals surface area contributed by atoms with Crippen molar-refractivity contribution in [3.8, 4) is 22.3 Å². The molecule has 2 nitrogen and oxygen atoms in total. The summed E-state index contributed by atoms with van der Waals surface area (Å²) in [5.41, 5.74) is 27.8. The Morgan fingerprint density at radius 1 is 0.281 bits per heavy atom. The van der Waals surface area contributed by atoms with Crippen molar-refractivity contribution >= 4 is 80.3 Å². The minimum Gasteiger partial charge on any atom is -0.311 e. The average molecular weight is 821 g/mol. The maximum Gasteiger partial charge on any atom is 0.247 e. The van der Waals surface area contributed by atoms with E-state index >= 15 is 0 Å². The van der Waals surface area contributed by atoms with E-state index in [0.29, 0.717) is 0 Å². The van der Waals surface area contributed by atoms with Gasteiger partial charge in [-0.25, -0.2) is 0 Å². The predicted octanol–water partition coefficient (Wildman–Crippen LogP) is 11.5. The van der Waals surface area contributed by atoms with Gasteiger partial charge in [-0.3, -0.25) is 0 Å². The highest BCUT2D eigenvalue weighted by Gasteiger charge is 2.43. The molecule has 4 heteroatoms. The Kier molecular flexibility index (Phi) is 9.77. The van der Waals surface area contributed by atoms with Crippen molar-refractivity contribution in [2.75, 3.05) is 9.80 Å². The molecule has 2 aliphatic rings. The number of aryl methyl sites for hydroxylation is 6. The molecule has 11 rings (SSSR count). The molecule has 306 valence electrons. The highest BCUT2D eigenvalue weighted by Crippen LogP contribution is 2.44. The third-order valence-electron chi connectivity index (χ3n) is 13.7. The Morgan fingerprint density at radius 2 is 0.609 bits per heavy atom. The zero-order chi connectivity index (χ0) is 43.6. The van der Waals surface area contributed by atoms with Crippen LogP contribution in [0, 0.1) is 41.5 Å². The predicted molar refractivity (Wildman–Crippen MR) is 277 cm³/mol. The summed E-state index contributed by atoms with van der Waals surface area (Å²) in [6.45, 7) is 13.7. The standard InChI is InChI=1S/C60H50B2N2/c1-39-31-41(3)59(42(4)32-39)61-51-29-27-47(45-19-11-7-12-20-45)35-55(51)63(49-23-15-9-16-24-49)57-38-58-54(37-53(57)61)62(60-43(5)33-40(2)34-44(60)6)52-30-28-48(46-21-13-8-14-22-46)36-56(52)64(58)50-25-17-10-18-26-50/h7-38H,1-6H3. The maximum absolute atomic E-state index is 2.62. The van der Waals surface area contributed by atoms with Crippen LogP contribution in [0.5, 0.6) is 0 Å². The van der Waals surface area contributed by atoms with E-state index in [-0.39, 0.29) is 13.4 Å². The van der Waals surface area contributed by atoms with Crippen molar-refractivity contribution in [3.05, 3.63) is 228 Å². The third kappa shape index (κ3) is 6.59. The van der Waals surface area contributed by atoms with Gasteiger partial charge in [0.05, 0.1) is 0 Å². The third-order valence-corrected chi connectivity index (χ3v) is 13.7. The summed E-state index contributed by atoms with van der Waals surface area (Å²) in [5, 5.41) is 0. The van der Waals surface area contributed by atoms with Crippen LogP contribution < -0.4 is 42.6 Å². The highest BCUT2D eigenvalue weighted by molar-refractivity contribution is 7.01. The van der Waals surface area contributed by atoms with Gasteiger partial charge in [0.1, 0.15) is 0 Å². The molecule has 0 N–H and O–H groups in total. The number of benzene rings is 9. The van der Waals surface area contributed by atoms with Crippen molar-refractivity contribution in [2.45, 2.75) is 41.5 Å². The molecule has 9 aromatic carbocycles. The van der Waals surface area contributed by atoms with Gasteiger partial charge in [0.15, 0.2) is 0 Å². The molecule has 0 saturated heterocycles. The van der Waals surface area contributed by atoms with Gasteiger partial charge in [-0.1, -0.05) is 196 Å². The Labute approximate surface area is 379 Å². The number of hydrogen-bond donors (Lipinski definition) is 0. The Hall–Kier alpha value is -7.29. The van der Waals surface area contributed by atoms with E-state index in [1.165, 1.54) is 111 Å². The first kappa shape index (κ1) is 39.5. The second kappa shape index (κ2) is 15.8. The number of rotatable bonds is 6. The van der Waals surface area contributed by atoms with E-state index < -0.39 is 0 Å². The molecule has 0 radical (unpaired) electrons. The molecule has 2 aliphatic heterocycles. The number of anilines is 6. The van der Waals surface area contributed by atoms with Gasteiger partial charge in [-0.2, -0.15) is 0 Å². The first-order valence-electron chi connectivity index (χ1n) is 22.7. The van der Waals surface area contributed by atoms with Crippen molar-refractivity contribution in [1.29, 1.82) is 0 Å². The van der Waals surface area contributed by atoms with Crippen LogP contribution in [0.2, 0.25) is 0 Å². The minimum atomic E-state index is -0.00595. The normalized spacial score (nSPS) is 12.7. The van der Waals surface area contributed by atoms with Gasteiger partial charge in [-0.15, -0.1) is 0 Å². The zero-order valence-electron chi connectivity index (χ0n) is 37.5. The van der Waals surface area contributed by atoms with E-state index in [0.717, 1.165) is 11.4 Å². The van der Waals surface area contributed by atoms with Crippen LogP contribution in [-0.2, 0) is 0 Å². The van der Waals surface area contributed by atoms with E-state index in [9.17, 15) is 0 Å². The van der Waals surface area contributed by atoms with Gasteiger partial charge in [0.2, 0.25) is 13.4 Å². The fourth-order valence-electron chi connectivity index (χ4n) is 11.3. The second-order valence-corrected chi connectivity index (χ2v) is 18.1. The largest absolute Gasteiger partial charge is 0.311 e. The Balaban J connectivity index is 1.28. The SMILES string of the molecule is Cc1cc(C)c(B2c3ccc(-c4ccccc4)cc3N(c3ccccc3)c3cc4c(cc32)B(c2c(C)cc(C)cc2C)c2ccc(-c3ccccc3)cc2N4c2ccccc2)c(C)c1. The Bertz CT molecular complexity index is 2970. The smallest absolute Gasteiger partial charge is 0.247 e. The molecular weight excluding hydrogens is 770 g/mol. The molecule has 0 amide bonds. The summed E-state index contributed by atoms with van der Waals surface area (Å²) >= 11 is 0. The number of hydrogen-bond acceptors (Lipinski definition) is 2. The summed E-state index contributed by atoms with van der Waals surface area (Å²) in [7, 11) is 0. The van der Waals surface area contributed by atoms with Crippen LogP contribution in [-0.4, -0.2) is 13.4 Å². The molecule has 0 fully saturated rings. The average Bonchev–Trinajstić information content (AvgIpc) is 3.31. The lowest BCUT2D eigenvalue weighted by Gasteiger charge is -2.43. The quantitative estimate of drug-likeness (QED) is 0.154. The summed E-state index contributed by atoms with van der Waals surface area (Å²) < 4.78 is 0. The van der Waals surface area contributed by atoms with Crippen molar-refractivity contribution in [2.24, 2.45) is 0 Å². The van der Waals surface area contributed by atoms with E-state index in [1.54, 1.807) is 0 Å². The Morgan fingerprint density at radius 3 is 0.969 bits per heavy atom. The van der Waals surface area contributed by atoms with Gasteiger partial charge < -0.3 is 9.80 Å². The second-order valence-electron chi connectivity index (χ2n) is 18.1. The van der Waals surface area contributed by atoms with Gasteiger partial charge in [0, 0.05) is 34.1 Å². The van der Waals surface area contributed by atoms with Gasteiger partial charge in [0.25, 0.3) is 0 Å². The number of fused-ring (bicyclic) bond motifs is 4. The molecule has 0 spiro atoms. The summed E-state index contributed by atoms with van der Waals surface area (Å²) in [4.78, 5) is 5.09. The van der Waals surface area contributed by atoms with Gasteiger partial charge in [-0.05, 0) is 128 Å². The van der Waals surface area contributed by atoms with Crippen molar-refractivity contribution in [1.82, 2.24) is 0 Å². The molecule has 0 bridgehead atoms. The lowest BCUT2D eigenvalue weighted by molar-refractivity contribution is 1.26. The highest BCUT2D eigenvalue weighted by atomic mass is 15.2. The summed E-state index contributed by atoms with van der Waals surface area (Å²) in [5.74, 6) is 0. The van der Waals surface area contributed by atoms with Crippen LogP contribution in [0.15, 0.2) is 194 Å². The topological polar surface area (TPSA) is 6.48 Å². The molecule has 0 atom stereocenters. The van der Waals surface area contributed by atoms with E-state index in [2.05, 4.69) is 245 Å². The lowest BCUT2D eigenvalue weighted by atomic mass is 9.30. The zero-order valence-corrected chi connectivity index (χ0v) is 37.5. The van der Waals surface area contributed by atoms with Crippen LogP contribution in [0.1, 0.15) is 33.4 Å². The molecule has 2 heterocycles. The van der Waals surface area contributed by atoms with Crippen LogP contribution in [0.3, 0.4) is 0 Å². The van der Waals surface area contributed by atoms with Crippen LogP contribution in [0.25, 0.3) is 22.3 Å².